The van der Waals surface area contributed by atoms with E-state index in [1.165, 1.54) is 23.7 Å². The monoisotopic (exact) mass is 333 g/mol. The number of amides is 1. The maximum atomic E-state index is 12.5. The molecule has 0 aliphatic carbocycles. The van der Waals surface area contributed by atoms with Crippen LogP contribution in [0.2, 0.25) is 0 Å². The van der Waals surface area contributed by atoms with Gasteiger partial charge in [-0.15, -0.1) is 23.1 Å². The molecule has 2 aromatic heterocycles. The summed E-state index contributed by atoms with van der Waals surface area (Å²) < 4.78 is 2.39. The molecule has 1 N–H and O–H groups in total. The summed E-state index contributed by atoms with van der Waals surface area (Å²) in [6, 6.07) is 4.33. The summed E-state index contributed by atoms with van der Waals surface area (Å²) in [6.45, 7) is 3.39. The average molecular weight is 333 g/mol. The number of thiophene rings is 1. The second-order valence-electron chi connectivity index (χ2n) is 6.20. The first-order chi connectivity index (χ1) is 10.7. The van der Waals surface area contributed by atoms with E-state index in [9.17, 15) is 4.79 Å². The fourth-order valence-electron chi connectivity index (χ4n) is 3.56. The van der Waals surface area contributed by atoms with Gasteiger partial charge in [0.1, 0.15) is 5.69 Å². The third kappa shape index (κ3) is 2.75. The second kappa shape index (κ2) is 5.83. The van der Waals surface area contributed by atoms with Crippen LogP contribution in [0, 0.1) is 5.92 Å². The van der Waals surface area contributed by atoms with Gasteiger partial charge in [-0.2, -0.15) is 0 Å². The van der Waals surface area contributed by atoms with Gasteiger partial charge < -0.3 is 10.2 Å². The molecule has 2 aliphatic heterocycles. The maximum absolute atomic E-state index is 12.5. The Balaban J connectivity index is 1.50. The first-order valence-corrected chi connectivity index (χ1v) is 9.72. The number of piperidine rings is 1. The van der Waals surface area contributed by atoms with Crippen molar-refractivity contribution in [2.75, 3.05) is 25.9 Å². The van der Waals surface area contributed by atoms with Gasteiger partial charge in [-0.1, -0.05) is 0 Å². The number of thioether (sulfide) groups is 1. The normalized spacial score (nSPS) is 27.2. The van der Waals surface area contributed by atoms with Gasteiger partial charge in [0.25, 0.3) is 5.91 Å². The van der Waals surface area contributed by atoms with Crippen molar-refractivity contribution in [2.45, 2.75) is 23.1 Å². The second-order valence-corrected chi connectivity index (χ2v) is 8.39. The molecule has 22 heavy (non-hydrogen) atoms. The molecule has 2 aromatic rings. The van der Waals surface area contributed by atoms with Gasteiger partial charge >= 0.3 is 0 Å². The smallest absolute Gasteiger partial charge is 0.270 e. The molecular weight excluding hydrogens is 314 g/mol. The van der Waals surface area contributed by atoms with Gasteiger partial charge in [0, 0.05) is 35.4 Å². The maximum Gasteiger partial charge on any atom is 0.270 e. The molecule has 2 saturated heterocycles. The number of nitrogens with zero attached hydrogens (tertiary/aromatic N) is 2. The fourth-order valence-corrected chi connectivity index (χ4v) is 5.21. The van der Waals surface area contributed by atoms with E-state index in [4.69, 9.17) is 0 Å². The van der Waals surface area contributed by atoms with Crippen LogP contribution in [0.3, 0.4) is 0 Å². The van der Waals surface area contributed by atoms with Crippen LogP contribution >= 0.6 is 23.1 Å². The van der Waals surface area contributed by atoms with Crippen molar-refractivity contribution in [2.24, 2.45) is 5.92 Å². The minimum absolute atomic E-state index is 0.0338. The quantitative estimate of drug-likeness (QED) is 0.878. The van der Waals surface area contributed by atoms with E-state index in [2.05, 4.69) is 27.5 Å². The topological polar surface area (TPSA) is 45.2 Å². The highest BCUT2D eigenvalue weighted by atomic mass is 32.2. The van der Waals surface area contributed by atoms with Crippen LogP contribution in [0.15, 0.2) is 22.5 Å². The molecule has 4 heterocycles. The lowest BCUT2D eigenvalue weighted by atomic mass is 9.97. The van der Waals surface area contributed by atoms with E-state index >= 15 is 0 Å². The zero-order valence-electron chi connectivity index (χ0n) is 12.5. The summed E-state index contributed by atoms with van der Waals surface area (Å²) in [6.07, 6.45) is 6.27. The third-order valence-electron chi connectivity index (χ3n) is 4.61. The van der Waals surface area contributed by atoms with E-state index in [0.29, 0.717) is 5.69 Å². The summed E-state index contributed by atoms with van der Waals surface area (Å²) in [7, 11) is 0. The number of carbonyl (C=O) groups excluding carboxylic acids is 1. The number of hydrogen-bond acceptors (Lipinski definition) is 5. The summed E-state index contributed by atoms with van der Waals surface area (Å²) >= 11 is 3.45. The summed E-state index contributed by atoms with van der Waals surface area (Å²) in [5.74, 6) is 0.726. The number of nitrogens with one attached hydrogen (secondary N) is 1. The van der Waals surface area contributed by atoms with Crippen LogP contribution in [-0.2, 0) is 0 Å². The number of rotatable bonds is 3. The van der Waals surface area contributed by atoms with Crippen LogP contribution < -0.4 is 5.32 Å². The standard InChI is InChI=1S/C16H19N3OS2/c1-21-15-5-11-7-17-13(6-14(11)22-15)16(20)18-12-4-10-2-3-19(8-10)9-12/h5-7,10,12H,2-4,8-9H2,1H3,(H,18,20)/t10-,12-/m1/s1. The van der Waals surface area contributed by atoms with Crippen molar-refractivity contribution in [1.29, 1.82) is 0 Å². The Morgan fingerprint density at radius 1 is 1.45 bits per heavy atom. The van der Waals surface area contributed by atoms with Gasteiger partial charge in [0.05, 0.1) is 4.21 Å². The number of fused-ring (bicyclic) bond motifs is 3. The molecule has 1 unspecified atom stereocenters. The highest BCUT2D eigenvalue weighted by Crippen LogP contribution is 2.31. The highest BCUT2D eigenvalue weighted by Gasteiger charge is 2.33. The molecule has 3 atom stereocenters. The number of carbonyl (C=O) groups is 1. The Labute approximate surface area is 138 Å². The molecule has 2 fully saturated rings. The van der Waals surface area contributed by atoms with Gasteiger partial charge in [0.15, 0.2) is 0 Å². The molecule has 2 bridgehead atoms. The van der Waals surface area contributed by atoms with Crippen molar-refractivity contribution in [1.82, 2.24) is 15.2 Å². The molecule has 0 aromatic carbocycles. The molecule has 0 radical (unpaired) electrons. The number of pyridine rings is 1. The van der Waals surface area contributed by atoms with Crippen molar-refractivity contribution in [3.05, 3.63) is 24.0 Å². The lowest BCUT2D eigenvalue weighted by Gasteiger charge is -2.30. The van der Waals surface area contributed by atoms with E-state index in [-0.39, 0.29) is 11.9 Å². The molecule has 0 saturated carbocycles. The minimum atomic E-state index is -0.0338. The van der Waals surface area contributed by atoms with Gasteiger partial charge in [0.2, 0.25) is 0 Å². The van der Waals surface area contributed by atoms with E-state index < -0.39 is 0 Å². The van der Waals surface area contributed by atoms with E-state index in [1.54, 1.807) is 23.1 Å². The van der Waals surface area contributed by atoms with Crippen molar-refractivity contribution >= 4 is 39.1 Å². The Bertz CT molecular complexity index is 702. The number of aromatic nitrogens is 1. The zero-order valence-corrected chi connectivity index (χ0v) is 14.2. The SMILES string of the molecule is CSc1cc2cnc(C(=O)N[C@@H]3C[C@H]4CCN(C4)C3)cc2s1. The Morgan fingerprint density at radius 3 is 3.18 bits per heavy atom. The Morgan fingerprint density at radius 2 is 2.36 bits per heavy atom. The predicted octanol–water partition coefficient (Wildman–Crippen LogP) is 2.84. The van der Waals surface area contributed by atoms with Gasteiger partial charge in [-0.3, -0.25) is 9.78 Å². The van der Waals surface area contributed by atoms with Crippen LogP contribution in [0.5, 0.6) is 0 Å². The van der Waals surface area contributed by atoms with Crippen molar-refractivity contribution in [3.63, 3.8) is 0 Å². The van der Waals surface area contributed by atoms with E-state index in [1.807, 2.05) is 12.3 Å². The van der Waals surface area contributed by atoms with Gasteiger partial charge in [-0.05, 0) is 43.7 Å². The molecule has 4 nitrogen and oxygen atoms in total. The third-order valence-corrected chi connectivity index (χ3v) is 6.78. The predicted molar refractivity (Wildman–Crippen MR) is 91.8 cm³/mol. The molecule has 6 heteroatoms. The summed E-state index contributed by atoms with van der Waals surface area (Å²) in [5, 5.41) is 4.30. The minimum Gasteiger partial charge on any atom is -0.347 e. The zero-order chi connectivity index (χ0) is 15.1. The molecule has 4 rings (SSSR count). The average Bonchev–Trinajstić information content (AvgIpc) is 3.09. The van der Waals surface area contributed by atoms with Crippen molar-refractivity contribution in [3.8, 4) is 0 Å². The summed E-state index contributed by atoms with van der Waals surface area (Å²) in [4.78, 5) is 19.3. The Kier molecular flexibility index (Phi) is 3.84. The summed E-state index contributed by atoms with van der Waals surface area (Å²) in [5.41, 5.74) is 0.537. The first-order valence-electron chi connectivity index (χ1n) is 7.68. The van der Waals surface area contributed by atoms with Crippen LogP contribution in [0.25, 0.3) is 10.1 Å². The highest BCUT2D eigenvalue weighted by molar-refractivity contribution is 8.00. The molecular formula is C16H19N3OS2. The first kappa shape index (κ1) is 14.5. The van der Waals surface area contributed by atoms with Crippen LogP contribution in [0.4, 0.5) is 0 Å². The molecule has 0 spiro atoms. The van der Waals surface area contributed by atoms with Crippen LogP contribution in [-0.4, -0.2) is 47.7 Å². The lowest BCUT2D eigenvalue weighted by Crippen LogP contribution is -2.47. The molecule has 116 valence electrons. The largest absolute Gasteiger partial charge is 0.347 e. The molecule has 2 aliphatic rings. The van der Waals surface area contributed by atoms with Gasteiger partial charge in [-0.25, -0.2) is 0 Å². The lowest BCUT2D eigenvalue weighted by molar-refractivity contribution is 0.0904. The van der Waals surface area contributed by atoms with Crippen molar-refractivity contribution < 1.29 is 4.79 Å². The Hall–Kier alpha value is -1.11. The fraction of sp³-hybridized carbons (Fsp3) is 0.500. The molecule has 1 amide bonds. The van der Waals surface area contributed by atoms with Crippen LogP contribution in [0.1, 0.15) is 23.3 Å². The van der Waals surface area contributed by atoms with E-state index in [0.717, 1.165) is 29.0 Å². The number of hydrogen-bond donors (Lipinski definition) is 1.